The van der Waals surface area contributed by atoms with Gasteiger partial charge in [0.2, 0.25) is 0 Å². The topological polar surface area (TPSA) is 56.2 Å². The van der Waals surface area contributed by atoms with E-state index in [1.165, 1.54) is 0 Å². The van der Waals surface area contributed by atoms with Crippen LogP contribution in [0.4, 0.5) is 0 Å². The fraction of sp³-hybridized carbons (Fsp3) is 0.412. The predicted octanol–water partition coefficient (Wildman–Crippen LogP) is 3.02. The van der Waals surface area contributed by atoms with Crippen molar-refractivity contribution >= 4 is 5.91 Å². The number of aryl methyl sites for hydroxylation is 1. The number of nitrogens with one attached hydrogen (secondary N) is 1. The summed E-state index contributed by atoms with van der Waals surface area (Å²) in [6.07, 6.45) is 1.82. The van der Waals surface area contributed by atoms with Crippen molar-refractivity contribution < 1.29 is 9.53 Å². The first-order valence-corrected chi connectivity index (χ1v) is 7.46. The number of methoxy groups -OCH3 is 1. The van der Waals surface area contributed by atoms with Gasteiger partial charge in [-0.15, -0.1) is 0 Å². The van der Waals surface area contributed by atoms with Crippen molar-refractivity contribution in [1.29, 1.82) is 0 Å². The van der Waals surface area contributed by atoms with E-state index < -0.39 is 0 Å². The maximum absolute atomic E-state index is 12.5. The zero-order valence-corrected chi connectivity index (χ0v) is 13.8. The van der Waals surface area contributed by atoms with Gasteiger partial charge in [0.15, 0.2) is 0 Å². The summed E-state index contributed by atoms with van der Waals surface area (Å²) in [7, 11) is 1.61. The highest BCUT2D eigenvalue weighted by molar-refractivity contribution is 5.96. The van der Waals surface area contributed by atoms with Crippen LogP contribution in [-0.2, 0) is 6.54 Å². The molecule has 118 valence electrons. The number of hydrogen-bond donors (Lipinski definition) is 1. The molecule has 0 aliphatic carbocycles. The summed E-state index contributed by atoms with van der Waals surface area (Å²) in [6, 6.07) is 5.39. The molecule has 5 nitrogen and oxygen atoms in total. The van der Waals surface area contributed by atoms with Crippen molar-refractivity contribution in [1.82, 2.24) is 15.1 Å². The highest BCUT2D eigenvalue weighted by Crippen LogP contribution is 2.22. The zero-order valence-electron chi connectivity index (χ0n) is 13.8. The number of nitrogens with zero attached hydrogens (tertiary/aromatic N) is 2. The summed E-state index contributed by atoms with van der Waals surface area (Å²) in [4.78, 5) is 12.5. The Morgan fingerprint density at radius 3 is 2.73 bits per heavy atom. The van der Waals surface area contributed by atoms with Crippen LogP contribution in [0.1, 0.15) is 47.1 Å². The van der Waals surface area contributed by atoms with Crippen molar-refractivity contribution in [2.75, 3.05) is 7.11 Å². The van der Waals surface area contributed by atoms with Crippen molar-refractivity contribution in [3.63, 3.8) is 0 Å². The third-order valence-corrected chi connectivity index (χ3v) is 4.00. The molecule has 1 aromatic carbocycles. The van der Waals surface area contributed by atoms with Crippen LogP contribution in [-0.4, -0.2) is 22.8 Å². The fourth-order valence-corrected chi connectivity index (χ4v) is 2.64. The molecule has 5 heteroatoms. The van der Waals surface area contributed by atoms with E-state index in [-0.39, 0.29) is 11.9 Å². The van der Waals surface area contributed by atoms with Crippen molar-refractivity contribution in [3.05, 3.63) is 46.8 Å². The van der Waals surface area contributed by atoms with Crippen LogP contribution in [0, 0.1) is 13.8 Å². The van der Waals surface area contributed by atoms with E-state index in [2.05, 4.69) is 10.4 Å². The average molecular weight is 301 g/mol. The van der Waals surface area contributed by atoms with E-state index in [9.17, 15) is 4.79 Å². The van der Waals surface area contributed by atoms with E-state index in [1.807, 2.05) is 56.8 Å². The number of benzene rings is 1. The number of aromatic nitrogens is 2. The van der Waals surface area contributed by atoms with Crippen LogP contribution >= 0.6 is 0 Å². The quantitative estimate of drug-likeness (QED) is 0.923. The molecular weight excluding hydrogens is 278 g/mol. The van der Waals surface area contributed by atoms with Crippen molar-refractivity contribution in [3.8, 4) is 5.75 Å². The molecule has 1 unspecified atom stereocenters. The summed E-state index contributed by atoms with van der Waals surface area (Å²) in [5, 5.41) is 7.36. The Hall–Kier alpha value is -2.30. The van der Waals surface area contributed by atoms with Crippen LogP contribution in [0.25, 0.3) is 0 Å². The molecule has 2 aromatic rings. The third-order valence-electron chi connectivity index (χ3n) is 4.00. The maximum atomic E-state index is 12.5. The zero-order chi connectivity index (χ0) is 16.3. The Kier molecular flexibility index (Phi) is 4.85. The van der Waals surface area contributed by atoms with E-state index in [0.29, 0.717) is 5.56 Å². The van der Waals surface area contributed by atoms with Gasteiger partial charge in [-0.25, -0.2) is 0 Å². The van der Waals surface area contributed by atoms with Gasteiger partial charge in [0.1, 0.15) is 5.75 Å². The van der Waals surface area contributed by atoms with Gasteiger partial charge in [-0.2, -0.15) is 5.10 Å². The van der Waals surface area contributed by atoms with Gasteiger partial charge in [-0.1, -0.05) is 6.07 Å². The molecule has 0 radical (unpaired) electrons. The number of carbonyl (C=O) groups excluding carboxylic acids is 1. The lowest BCUT2D eigenvalue weighted by Crippen LogP contribution is -2.27. The van der Waals surface area contributed by atoms with Crippen LogP contribution in [0.2, 0.25) is 0 Å². The predicted molar refractivity (Wildman–Crippen MR) is 86.3 cm³/mol. The van der Waals surface area contributed by atoms with E-state index in [1.54, 1.807) is 7.11 Å². The number of carbonyl (C=O) groups is 1. The van der Waals surface area contributed by atoms with E-state index in [4.69, 9.17) is 4.74 Å². The lowest BCUT2D eigenvalue weighted by Gasteiger charge is -2.16. The molecule has 0 saturated heterocycles. The van der Waals surface area contributed by atoms with E-state index in [0.717, 1.165) is 29.1 Å². The second-order valence-corrected chi connectivity index (χ2v) is 5.33. The van der Waals surface area contributed by atoms with Gasteiger partial charge < -0.3 is 10.1 Å². The van der Waals surface area contributed by atoms with Gasteiger partial charge in [-0.05, 0) is 39.8 Å². The second kappa shape index (κ2) is 6.64. The molecule has 22 heavy (non-hydrogen) atoms. The van der Waals surface area contributed by atoms with Gasteiger partial charge in [-0.3, -0.25) is 9.48 Å². The van der Waals surface area contributed by atoms with Gasteiger partial charge in [0, 0.05) is 28.9 Å². The average Bonchev–Trinajstić information content (AvgIpc) is 2.88. The minimum atomic E-state index is -0.104. The molecule has 0 bridgehead atoms. The molecule has 0 aliphatic heterocycles. The Labute approximate surface area is 131 Å². The molecule has 0 aliphatic rings. The van der Waals surface area contributed by atoms with Crippen LogP contribution in [0.3, 0.4) is 0 Å². The van der Waals surface area contributed by atoms with Crippen molar-refractivity contribution in [2.24, 2.45) is 0 Å². The number of amides is 1. The summed E-state index contributed by atoms with van der Waals surface area (Å²) in [5.41, 5.74) is 3.59. The van der Waals surface area contributed by atoms with Gasteiger partial charge in [0.05, 0.1) is 19.3 Å². The number of rotatable bonds is 5. The Morgan fingerprint density at radius 1 is 1.41 bits per heavy atom. The van der Waals surface area contributed by atoms with Crippen LogP contribution in [0.15, 0.2) is 24.4 Å². The molecule has 0 fully saturated rings. The lowest BCUT2D eigenvalue weighted by molar-refractivity contribution is 0.0939. The second-order valence-electron chi connectivity index (χ2n) is 5.33. The molecule has 0 spiro atoms. The molecule has 1 N–H and O–H groups in total. The number of hydrogen-bond acceptors (Lipinski definition) is 3. The molecule has 2 rings (SSSR count). The largest absolute Gasteiger partial charge is 0.496 e. The highest BCUT2D eigenvalue weighted by Gasteiger charge is 2.18. The monoisotopic (exact) mass is 301 g/mol. The summed E-state index contributed by atoms with van der Waals surface area (Å²) >= 11 is 0. The molecular formula is C17H23N3O2. The fourth-order valence-electron chi connectivity index (χ4n) is 2.64. The lowest BCUT2D eigenvalue weighted by atomic mass is 10.1. The first kappa shape index (κ1) is 16.1. The first-order chi connectivity index (χ1) is 10.5. The van der Waals surface area contributed by atoms with Crippen LogP contribution < -0.4 is 10.1 Å². The molecule has 0 saturated carbocycles. The van der Waals surface area contributed by atoms with Gasteiger partial charge >= 0.3 is 0 Å². The Bertz CT molecular complexity index is 677. The SMILES string of the molecule is CCn1ncc(C(C)NC(=O)c2cccc(OC)c2C)c1C. The summed E-state index contributed by atoms with van der Waals surface area (Å²) in [6.45, 7) is 8.75. The molecule has 1 aromatic heterocycles. The van der Waals surface area contributed by atoms with Crippen molar-refractivity contribution in [2.45, 2.75) is 40.3 Å². The molecule has 1 amide bonds. The summed E-state index contributed by atoms with van der Waals surface area (Å²) in [5.74, 6) is 0.614. The maximum Gasteiger partial charge on any atom is 0.252 e. The Morgan fingerprint density at radius 2 is 2.14 bits per heavy atom. The Balaban J connectivity index is 2.19. The van der Waals surface area contributed by atoms with Gasteiger partial charge in [0.25, 0.3) is 5.91 Å². The molecule has 1 atom stereocenters. The first-order valence-electron chi connectivity index (χ1n) is 7.46. The third kappa shape index (κ3) is 2.98. The molecule has 1 heterocycles. The number of ether oxygens (including phenoxy) is 1. The smallest absolute Gasteiger partial charge is 0.252 e. The normalized spacial score (nSPS) is 12.0. The van der Waals surface area contributed by atoms with Crippen LogP contribution in [0.5, 0.6) is 5.75 Å². The standard InChI is InChI=1S/C17H23N3O2/c1-6-20-13(4)15(10-18-20)12(3)19-17(21)14-8-7-9-16(22-5)11(14)2/h7-10,12H,6H2,1-5H3,(H,19,21). The summed E-state index contributed by atoms with van der Waals surface area (Å²) < 4.78 is 7.19. The minimum Gasteiger partial charge on any atom is -0.496 e. The minimum absolute atomic E-state index is 0.0987. The highest BCUT2D eigenvalue weighted by atomic mass is 16.5. The van der Waals surface area contributed by atoms with E-state index >= 15 is 0 Å².